The van der Waals surface area contributed by atoms with Gasteiger partial charge in [0.1, 0.15) is 6.61 Å². The van der Waals surface area contributed by atoms with Crippen molar-refractivity contribution in [2.45, 2.75) is 6.61 Å². The van der Waals surface area contributed by atoms with Crippen LogP contribution >= 0.6 is 27.5 Å². The molecule has 1 aliphatic heterocycles. The van der Waals surface area contributed by atoms with Crippen LogP contribution < -0.4 is 9.47 Å². The molecular weight excluding hydrogens is 482 g/mol. The van der Waals surface area contributed by atoms with Crippen LogP contribution in [0, 0.1) is 0 Å². The number of carbonyl (C=O) groups is 1. The van der Waals surface area contributed by atoms with Crippen molar-refractivity contribution in [1.29, 1.82) is 0 Å². The normalized spacial score (nSPS) is 14.4. The quantitative estimate of drug-likeness (QED) is 0.307. The van der Waals surface area contributed by atoms with Gasteiger partial charge in [0.15, 0.2) is 17.2 Å². The number of benzene rings is 3. The number of cyclic esters (lactones) is 1. The molecule has 0 saturated heterocycles. The maximum atomic E-state index is 12.3. The van der Waals surface area contributed by atoms with E-state index >= 15 is 0 Å². The SMILES string of the molecule is COc1cc(/C=C2\N=C(c3ccc(Br)cc3)OC2=O)ccc1OCc1ccc(Cl)cc1. The van der Waals surface area contributed by atoms with E-state index in [1.54, 1.807) is 25.3 Å². The van der Waals surface area contributed by atoms with Crippen molar-refractivity contribution in [2.75, 3.05) is 7.11 Å². The number of ether oxygens (including phenoxy) is 3. The van der Waals surface area contributed by atoms with Crippen LogP contribution in [-0.2, 0) is 16.1 Å². The number of nitrogens with zero attached hydrogens (tertiary/aromatic N) is 1. The lowest BCUT2D eigenvalue weighted by molar-refractivity contribution is -0.129. The number of methoxy groups -OCH3 is 1. The molecule has 5 nitrogen and oxygen atoms in total. The Morgan fingerprint density at radius 2 is 1.77 bits per heavy atom. The zero-order valence-electron chi connectivity index (χ0n) is 16.5. The molecule has 0 saturated carbocycles. The summed E-state index contributed by atoms with van der Waals surface area (Å²) in [6.45, 7) is 0.376. The molecule has 156 valence electrons. The molecule has 4 rings (SSSR count). The fourth-order valence-electron chi connectivity index (χ4n) is 2.92. The van der Waals surface area contributed by atoms with E-state index in [1.807, 2.05) is 54.6 Å². The fourth-order valence-corrected chi connectivity index (χ4v) is 3.31. The van der Waals surface area contributed by atoms with Gasteiger partial charge in [0.25, 0.3) is 0 Å². The lowest BCUT2D eigenvalue weighted by Crippen LogP contribution is -2.05. The smallest absolute Gasteiger partial charge is 0.363 e. The molecule has 0 spiro atoms. The number of carbonyl (C=O) groups excluding carboxylic acids is 1. The molecule has 0 unspecified atom stereocenters. The van der Waals surface area contributed by atoms with E-state index in [-0.39, 0.29) is 11.6 Å². The van der Waals surface area contributed by atoms with Crippen LogP contribution in [0.15, 0.2) is 81.9 Å². The molecule has 0 N–H and O–H groups in total. The molecule has 0 radical (unpaired) electrons. The predicted octanol–water partition coefficient (Wildman–Crippen LogP) is 6.03. The molecule has 1 aliphatic rings. The molecule has 7 heteroatoms. The Morgan fingerprint density at radius 3 is 2.48 bits per heavy atom. The average Bonchev–Trinajstić information content (AvgIpc) is 3.14. The third-order valence-corrected chi connectivity index (χ3v) is 5.29. The predicted molar refractivity (Wildman–Crippen MR) is 124 cm³/mol. The van der Waals surface area contributed by atoms with Crippen LogP contribution in [0.25, 0.3) is 6.08 Å². The molecule has 0 amide bonds. The van der Waals surface area contributed by atoms with Gasteiger partial charge in [-0.15, -0.1) is 0 Å². The standard InChI is InChI=1S/C24H17BrClNO4/c1-29-22-13-16(4-11-21(22)30-14-15-2-9-19(26)10-3-15)12-20-24(28)31-23(27-20)17-5-7-18(25)8-6-17/h2-13H,14H2,1H3/b20-12-. The highest BCUT2D eigenvalue weighted by Gasteiger charge is 2.24. The second kappa shape index (κ2) is 9.37. The van der Waals surface area contributed by atoms with Gasteiger partial charge in [-0.3, -0.25) is 0 Å². The third-order valence-electron chi connectivity index (χ3n) is 4.51. The van der Waals surface area contributed by atoms with Crippen LogP contribution in [0.1, 0.15) is 16.7 Å². The minimum absolute atomic E-state index is 0.217. The maximum absolute atomic E-state index is 12.3. The Bertz CT molecular complexity index is 1170. The highest BCUT2D eigenvalue weighted by molar-refractivity contribution is 9.10. The second-order valence-corrected chi connectivity index (χ2v) is 8.02. The van der Waals surface area contributed by atoms with E-state index < -0.39 is 5.97 Å². The van der Waals surface area contributed by atoms with E-state index in [9.17, 15) is 4.79 Å². The van der Waals surface area contributed by atoms with E-state index in [2.05, 4.69) is 20.9 Å². The minimum Gasteiger partial charge on any atom is -0.493 e. The van der Waals surface area contributed by atoms with Crippen LogP contribution in [0.5, 0.6) is 11.5 Å². The average molecular weight is 499 g/mol. The van der Waals surface area contributed by atoms with E-state index in [1.165, 1.54) is 0 Å². The summed E-state index contributed by atoms with van der Waals surface area (Å²) >= 11 is 9.30. The number of hydrogen-bond donors (Lipinski definition) is 0. The molecular formula is C24H17BrClNO4. The number of esters is 1. The summed E-state index contributed by atoms with van der Waals surface area (Å²) in [4.78, 5) is 16.6. The fraction of sp³-hybridized carbons (Fsp3) is 0.0833. The lowest BCUT2D eigenvalue weighted by atomic mass is 10.1. The van der Waals surface area contributed by atoms with Crippen LogP contribution in [0.3, 0.4) is 0 Å². The first-order chi connectivity index (χ1) is 15.0. The van der Waals surface area contributed by atoms with Gasteiger partial charge < -0.3 is 14.2 Å². The molecule has 0 atom stereocenters. The minimum atomic E-state index is -0.500. The molecule has 31 heavy (non-hydrogen) atoms. The summed E-state index contributed by atoms with van der Waals surface area (Å²) < 4.78 is 17.6. The van der Waals surface area contributed by atoms with Gasteiger partial charge in [-0.1, -0.05) is 45.7 Å². The monoisotopic (exact) mass is 497 g/mol. The Labute approximate surface area is 193 Å². The van der Waals surface area contributed by atoms with E-state index in [4.69, 9.17) is 25.8 Å². The van der Waals surface area contributed by atoms with Gasteiger partial charge in [0.2, 0.25) is 5.90 Å². The zero-order valence-corrected chi connectivity index (χ0v) is 18.8. The Balaban J connectivity index is 1.52. The van der Waals surface area contributed by atoms with Crippen LogP contribution in [0.2, 0.25) is 5.02 Å². The van der Waals surface area contributed by atoms with Crippen molar-refractivity contribution in [3.05, 3.63) is 98.6 Å². The first-order valence-electron chi connectivity index (χ1n) is 9.35. The summed E-state index contributed by atoms with van der Waals surface area (Å²) in [5, 5.41) is 0.676. The van der Waals surface area contributed by atoms with Gasteiger partial charge in [0, 0.05) is 15.1 Å². The Kier molecular flexibility index (Phi) is 6.39. The van der Waals surface area contributed by atoms with E-state index in [0.29, 0.717) is 23.1 Å². The first kappa shape index (κ1) is 21.2. The molecule has 0 fully saturated rings. The highest BCUT2D eigenvalue weighted by atomic mass is 79.9. The van der Waals surface area contributed by atoms with Crippen LogP contribution in [-0.4, -0.2) is 19.0 Å². The van der Waals surface area contributed by atoms with Gasteiger partial charge in [-0.05, 0) is 65.7 Å². The number of hydrogen-bond acceptors (Lipinski definition) is 5. The van der Waals surface area contributed by atoms with Gasteiger partial charge >= 0.3 is 5.97 Å². The zero-order chi connectivity index (χ0) is 21.8. The molecule has 3 aromatic rings. The van der Waals surface area contributed by atoms with Crippen molar-refractivity contribution in [3.63, 3.8) is 0 Å². The maximum Gasteiger partial charge on any atom is 0.363 e. The number of halogens is 2. The van der Waals surface area contributed by atoms with Gasteiger partial charge in [0.05, 0.1) is 7.11 Å². The third kappa shape index (κ3) is 5.16. The van der Waals surface area contributed by atoms with Gasteiger partial charge in [-0.25, -0.2) is 9.79 Å². The van der Waals surface area contributed by atoms with Crippen molar-refractivity contribution in [2.24, 2.45) is 4.99 Å². The largest absolute Gasteiger partial charge is 0.493 e. The highest BCUT2D eigenvalue weighted by Crippen LogP contribution is 2.30. The molecule has 1 heterocycles. The summed E-state index contributed by atoms with van der Waals surface area (Å²) in [5.41, 5.74) is 2.67. The summed E-state index contributed by atoms with van der Waals surface area (Å²) in [7, 11) is 1.56. The van der Waals surface area contributed by atoms with Crippen molar-refractivity contribution in [3.8, 4) is 11.5 Å². The first-order valence-corrected chi connectivity index (χ1v) is 10.5. The van der Waals surface area contributed by atoms with Crippen LogP contribution in [0.4, 0.5) is 0 Å². The Hall–Kier alpha value is -3.09. The Morgan fingerprint density at radius 1 is 1.03 bits per heavy atom. The van der Waals surface area contributed by atoms with E-state index in [0.717, 1.165) is 21.2 Å². The summed E-state index contributed by atoms with van der Waals surface area (Å²) in [6, 6.07) is 20.2. The molecule has 0 aliphatic carbocycles. The second-order valence-electron chi connectivity index (χ2n) is 6.67. The lowest BCUT2D eigenvalue weighted by Gasteiger charge is -2.11. The summed E-state index contributed by atoms with van der Waals surface area (Å²) in [6.07, 6.45) is 1.65. The van der Waals surface area contributed by atoms with Gasteiger partial charge in [-0.2, -0.15) is 0 Å². The molecule has 3 aromatic carbocycles. The molecule has 0 aromatic heterocycles. The van der Waals surface area contributed by atoms with Crippen molar-refractivity contribution < 1.29 is 19.0 Å². The van der Waals surface area contributed by atoms with Crippen molar-refractivity contribution >= 4 is 45.5 Å². The topological polar surface area (TPSA) is 57.1 Å². The van der Waals surface area contributed by atoms with Crippen molar-refractivity contribution in [1.82, 2.24) is 0 Å². The molecule has 0 bridgehead atoms. The number of rotatable bonds is 6. The number of aliphatic imine (C=N–C) groups is 1. The summed E-state index contributed by atoms with van der Waals surface area (Å²) in [5.74, 6) is 0.915.